The lowest BCUT2D eigenvalue weighted by atomic mass is 10.1. The molecule has 1 fully saturated rings. The maximum atomic E-state index is 5.76. The van der Waals surface area contributed by atoms with Crippen LogP contribution < -0.4 is 5.32 Å². The molecule has 1 aliphatic heterocycles. The van der Waals surface area contributed by atoms with Gasteiger partial charge in [0.25, 0.3) is 0 Å². The van der Waals surface area contributed by atoms with Gasteiger partial charge in [-0.3, -0.25) is 0 Å². The molecule has 1 unspecified atom stereocenters. The van der Waals surface area contributed by atoms with Gasteiger partial charge in [-0.2, -0.15) is 0 Å². The van der Waals surface area contributed by atoms with Gasteiger partial charge in [-0.25, -0.2) is 0 Å². The number of morpholine rings is 1. The van der Waals surface area contributed by atoms with Crippen molar-refractivity contribution >= 4 is 0 Å². The van der Waals surface area contributed by atoms with Crippen molar-refractivity contribution < 1.29 is 9.47 Å². The van der Waals surface area contributed by atoms with Gasteiger partial charge in [0.2, 0.25) is 0 Å². The zero-order chi connectivity index (χ0) is 9.73. The van der Waals surface area contributed by atoms with E-state index in [1.807, 2.05) is 0 Å². The molecule has 0 bridgehead atoms. The summed E-state index contributed by atoms with van der Waals surface area (Å²) >= 11 is 0. The van der Waals surface area contributed by atoms with Crippen LogP contribution in [0.3, 0.4) is 0 Å². The lowest BCUT2D eigenvalue weighted by molar-refractivity contribution is -0.117. The molecule has 0 amide bonds. The lowest BCUT2D eigenvalue weighted by Crippen LogP contribution is -2.51. The average molecular weight is 183 g/mol. The fraction of sp³-hybridized carbons (Fsp3) is 0.800. The van der Waals surface area contributed by atoms with E-state index < -0.39 is 0 Å². The van der Waals surface area contributed by atoms with Crippen molar-refractivity contribution in [2.24, 2.45) is 0 Å². The number of rotatable bonds is 3. The molecule has 1 saturated heterocycles. The number of hydrogen-bond donors (Lipinski definition) is 1. The molecule has 1 heterocycles. The molecule has 1 N–H and O–H groups in total. The fourth-order valence-corrected chi connectivity index (χ4v) is 1.41. The van der Waals surface area contributed by atoms with Crippen molar-refractivity contribution in [1.29, 1.82) is 0 Å². The fourth-order valence-electron chi connectivity index (χ4n) is 1.41. The molecule has 1 rings (SSSR count). The van der Waals surface area contributed by atoms with Gasteiger partial charge in [0.15, 0.2) is 0 Å². The highest BCUT2D eigenvalue weighted by Crippen LogP contribution is 2.15. The molecule has 13 heavy (non-hydrogen) atoms. The SMILES string of the molecule is C#CCOCC1CNCC(C)(C)O1. The topological polar surface area (TPSA) is 30.5 Å². The van der Waals surface area contributed by atoms with E-state index in [1.54, 1.807) is 0 Å². The predicted octanol–water partition coefficient (Wildman–Crippen LogP) is 0.403. The summed E-state index contributed by atoms with van der Waals surface area (Å²) in [6, 6.07) is 0. The summed E-state index contributed by atoms with van der Waals surface area (Å²) in [4.78, 5) is 0. The zero-order valence-electron chi connectivity index (χ0n) is 8.30. The number of hydrogen-bond acceptors (Lipinski definition) is 3. The van der Waals surface area contributed by atoms with Crippen LogP contribution in [0.1, 0.15) is 13.8 Å². The first-order valence-electron chi connectivity index (χ1n) is 4.54. The van der Waals surface area contributed by atoms with Crippen molar-refractivity contribution in [2.75, 3.05) is 26.3 Å². The Hall–Kier alpha value is -0.560. The Bertz CT molecular complexity index is 196. The quantitative estimate of drug-likeness (QED) is 0.507. The van der Waals surface area contributed by atoms with E-state index in [1.165, 1.54) is 0 Å². The van der Waals surface area contributed by atoms with Gasteiger partial charge in [0.05, 0.1) is 18.3 Å². The first kappa shape index (κ1) is 10.5. The molecule has 74 valence electrons. The predicted molar refractivity (Wildman–Crippen MR) is 51.5 cm³/mol. The molecule has 1 atom stereocenters. The molecular weight excluding hydrogens is 166 g/mol. The van der Waals surface area contributed by atoms with Crippen molar-refractivity contribution in [2.45, 2.75) is 25.6 Å². The van der Waals surface area contributed by atoms with Crippen molar-refractivity contribution in [3.05, 3.63) is 0 Å². The first-order valence-corrected chi connectivity index (χ1v) is 4.54. The minimum absolute atomic E-state index is 0.0948. The maximum absolute atomic E-state index is 5.76. The Labute approximate surface area is 79.8 Å². The number of nitrogens with one attached hydrogen (secondary N) is 1. The van der Waals surface area contributed by atoms with Crippen LogP contribution in [0.5, 0.6) is 0 Å². The highest BCUT2D eigenvalue weighted by Gasteiger charge is 2.27. The minimum Gasteiger partial charge on any atom is -0.367 e. The third-order valence-electron chi connectivity index (χ3n) is 1.90. The van der Waals surface area contributed by atoms with Gasteiger partial charge >= 0.3 is 0 Å². The second kappa shape index (κ2) is 4.61. The van der Waals surface area contributed by atoms with Crippen LogP contribution in [-0.2, 0) is 9.47 Å². The highest BCUT2D eigenvalue weighted by molar-refractivity contribution is 4.84. The van der Waals surface area contributed by atoms with E-state index in [9.17, 15) is 0 Å². The smallest absolute Gasteiger partial charge is 0.107 e. The van der Waals surface area contributed by atoms with Crippen LogP contribution in [0.25, 0.3) is 0 Å². The molecule has 0 aromatic carbocycles. The lowest BCUT2D eigenvalue weighted by Gasteiger charge is -2.36. The van der Waals surface area contributed by atoms with E-state index in [-0.39, 0.29) is 11.7 Å². The minimum atomic E-state index is -0.0948. The van der Waals surface area contributed by atoms with Gasteiger partial charge in [0.1, 0.15) is 6.61 Å². The Balaban J connectivity index is 2.23. The molecule has 1 aliphatic rings. The summed E-state index contributed by atoms with van der Waals surface area (Å²) in [7, 11) is 0. The van der Waals surface area contributed by atoms with Crippen LogP contribution >= 0.6 is 0 Å². The highest BCUT2D eigenvalue weighted by atomic mass is 16.5. The van der Waals surface area contributed by atoms with Crippen LogP contribution in [0.2, 0.25) is 0 Å². The summed E-state index contributed by atoms with van der Waals surface area (Å²) in [5.74, 6) is 2.43. The van der Waals surface area contributed by atoms with Crippen molar-refractivity contribution in [1.82, 2.24) is 5.32 Å². The zero-order valence-corrected chi connectivity index (χ0v) is 8.30. The van der Waals surface area contributed by atoms with E-state index in [0.29, 0.717) is 13.2 Å². The average Bonchev–Trinajstić information content (AvgIpc) is 2.03. The van der Waals surface area contributed by atoms with E-state index in [2.05, 4.69) is 25.1 Å². The van der Waals surface area contributed by atoms with Crippen LogP contribution in [0.4, 0.5) is 0 Å². The Morgan fingerprint density at radius 2 is 2.46 bits per heavy atom. The van der Waals surface area contributed by atoms with Gasteiger partial charge in [0, 0.05) is 13.1 Å². The van der Waals surface area contributed by atoms with Crippen LogP contribution in [0, 0.1) is 12.3 Å². The van der Waals surface area contributed by atoms with Gasteiger partial charge < -0.3 is 14.8 Å². The van der Waals surface area contributed by atoms with Gasteiger partial charge in [-0.15, -0.1) is 6.42 Å². The summed E-state index contributed by atoms with van der Waals surface area (Å²) in [6.45, 7) is 6.79. The molecule has 0 aromatic rings. The standard InChI is InChI=1S/C10H17NO2/c1-4-5-12-7-9-6-11-8-10(2,3)13-9/h1,9,11H,5-8H2,2-3H3. The second-order valence-electron chi connectivity index (χ2n) is 3.85. The molecule has 0 aliphatic carbocycles. The van der Waals surface area contributed by atoms with Crippen LogP contribution in [0.15, 0.2) is 0 Å². The summed E-state index contributed by atoms with van der Waals surface area (Å²) in [5, 5.41) is 3.30. The normalized spacial score (nSPS) is 26.7. The summed E-state index contributed by atoms with van der Waals surface area (Å²) in [6.07, 6.45) is 5.19. The largest absolute Gasteiger partial charge is 0.367 e. The third-order valence-corrected chi connectivity index (χ3v) is 1.90. The molecule has 0 aromatic heterocycles. The number of ether oxygens (including phenoxy) is 2. The van der Waals surface area contributed by atoms with Crippen LogP contribution in [-0.4, -0.2) is 38.0 Å². The maximum Gasteiger partial charge on any atom is 0.107 e. The molecular formula is C10H17NO2. The summed E-state index contributed by atoms with van der Waals surface area (Å²) in [5.41, 5.74) is -0.0948. The first-order chi connectivity index (χ1) is 6.14. The van der Waals surface area contributed by atoms with E-state index in [0.717, 1.165) is 13.1 Å². The Morgan fingerprint density at radius 1 is 1.69 bits per heavy atom. The molecule has 0 radical (unpaired) electrons. The second-order valence-corrected chi connectivity index (χ2v) is 3.85. The van der Waals surface area contributed by atoms with E-state index >= 15 is 0 Å². The third kappa shape index (κ3) is 3.77. The van der Waals surface area contributed by atoms with Crippen molar-refractivity contribution in [3.63, 3.8) is 0 Å². The summed E-state index contributed by atoms with van der Waals surface area (Å²) < 4.78 is 11.0. The van der Waals surface area contributed by atoms with Gasteiger partial charge in [-0.05, 0) is 13.8 Å². The monoisotopic (exact) mass is 183 g/mol. The molecule has 0 saturated carbocycles. The number of terminal acetylenes is 1. The Kier molecular flexibility index (Phi) is 3.73. The molecule has 0 spiro atoms. The van der Waals surface area contributed by atoms with Crippen molar-refractivity contribution in [3.8, 4) is 12.3 Å². The molecule has 3 heteroatoms. The van der Waals surface area contributed by atoms with Gasteiger partial charge in [-0.1, -0.05) is 5.92 Å². The van der Waals surface area contributed by atoms with E-state index in [4.69, 9.17) is 15.9 Å². The Morgan fingerprint density at radius 3 is 3.08 bits per heavy atom. The molecule has 3 nitrogen and oxygen atoms in total.